The summed E-state index contributed by atoms with van der Waals surface area (Å²) in [6.45, 7) is 0. The molecule has 0 radical (unpaired) electrons. The standard InChI is InChI=1S/C13H8BrFN2O/c14-9-3-1-7(5-10(9)15)13-16-11-4-2-8(18)6-12(11)17-13/h1-6,18H,(H,16,17). The maximum absolute atomic E-state index is 13.5. The molecule has 3 aromatic rings. The van der Waals surface area contributed by atoms with E-state index in [1.54, 1.807) is 30.3 Å². The van der Waals surface area contributed by atoms with Crippen LogP contribution in [0.3, 0.4) is 0 Å². The summed E-state index contributed by atoms with van der Waals surface area (Å²) in [7, 11) is 0. The SMILES string of the molecule is Oc1ccc2nc(-c3ccc(Br)c(F)c3)[nH]c2c1. The lowest BCUT2D eigenvalue weighted by molar-refractivity contribution is 0.476. The number of phenolic OH excluding ortho intramolecular Hbond substituents is 1. The fraction of sp³-hybridized carbons (Fsp3) is 0. The van der Waals surface area contributed by atoms with Gasteiger partial charge in [-0.05, 0) is 46.3 Å². The Kier molecular flexibility index (Phi) is 2.56. The smallest absolute Gasteiger partial charge is 0.138 e. The number of rotatable bonds is 1. The van der Waals surface area contributed by atoms with Crippen molar-refractivity contribution in [1.29, 1.82) is 0 Å². The Morgan fingerprint density at radius 3 is 2.78 bits per heavy atom. The molecule has 0 bridgehead atoms. The van der Waals surface area contributed by atoms with E-state index in [0.29, 0.717) is 21.4 Å². The zero-order valence-electron chi connectivity index (χ0n) is 9.11. The number of nitrogens with one attached hydrogen (secondary N) is 1. The summed E-state index contributed by atoms with van der Waals surface area (Å²) in [6.07, 6.45) is 0. The minimum atomic E-state index is -0.337. The van der Waals surface area contributed by atoms with Crippen molar-refractivity contribution in [1.82, 2.24) is 9.97 Å². The molecule has 1 aromatic heterocycles. The minimum absolute atomic E-state index is 0.166. The summed E-state index contributed by atoms with van der Waals surface area (Å²) >= 11 is 3.11. The van der Waals surface area contributed by atoms with E-state index in [9.17, 15) is 9.50 Å². The number of imidazole rings is 1. The van der Waals surface area contributed by atoms with Crippen molar-refractivity contribution in [3.63, 3.8) is 0 Å². The molecule has 2 N–H and O–H groups in total. The topological polar surface area (TPSA) is 48.9 Å². The lowest BCUT2D eigenvalue weighted by Crippen LogP contribution is -1.83. The molecule has 5 heteroatoms. The Hall–Kier alpha value is -1.88. The number of aromatic hydroxyl groups is 1. The van der Waals surface area contributed by atoms with E-state index in [4.69, 9.17) is 0 Å². The highest BCUT2D eigenvalue weighted by Crippen LogP contribution is 2.25. The minimum Gasteiger partial charge on any atom is -0.508 e. The van der Waals surface area contributed by atoms with Gasteiger partial charge >= 0.3 is 0 Å². The van der Waals surface area contributed by atoms with Gasteiger partial charge in [-0.1, -0.05) is 0 Å². The van der Waals surface area contributed by atoms with Gasteiger partial charge in [0.05, 0.1) is 15.5 Å². The van der Waals surface area contributed by atoms with Crippen LogP contribution in [0.2, 0.25) is 0 Å². The molecule has 0 saturated carbocycles. The van der Waals surface area contributed by atoms with E-state index in [-0.39, 0.29) is 11.6 Å². The molecule has 90 valence electrons. The number of halogens is 2. The number of aromatic nitrogens is 2. The van der Waals surface area contributed by atoms with Crippen LogP contribution in [0.1, 0.15) is 0 Å². The van der Waals surface area contributed by atoms with Gasteiger partial charge in [0.25, 0.3) is 0 Å². The van der Waals surface area contributed by atoms with Gasteiger partial charge in [-0.3, -0.25) is 0 Å². The quantitative estimate of drug-likeness (QED) is 0.717. The zero-order valence-corrected chi connectivity index (χ0v) is 10.7. The summed E-state index contributed by atoms with van der Waals surface area (Å²) in [5.41, 5.74) is 2.10. The molecule has 0 aliphatic rings. The van der Waals surface area contributed by atoms with Gasteiger partial charge in [0.15, 0.2) is 0 Å². The molecule has 0 aliphatic heterocycles. The highest BCUT2D eigenvalue weighted by molar-refractivity contribution is 9.10. The summed E-state index contributed by atoms with van der Waals surface area (Å²) in [6, 6.07) is 9.66. The fourth-order valence-electron chi connectivity index (χ4n) is 1.78. The van der Waals surface area contributed by atoms with Gasteiger partial charge in [0, 0.05) is 11.6 Å². The third-order valence-electron chi connectivity index (χ3n) is 2.66. The molecule has 1 heterocycles. The number of hydrogen-bond acceptors (Lipinski definition) is 2. The first-order chi connectivity index (χ1) is 8.63. The maximum atomic E-state index is 13.5. The van der Waals surface area contributed by atoms with Gasteiger partial charge in [-0.15, -0.1) is 0 Å². The Balaban J connectivity index is 2.16. The Morgan fingerprint density at radius 1 is 1.17 bits per heavy atom. The van der Waals surface area contributed by atoms with E-state index in [1.165, 1.54) is 6.07 Å². The second-order valence-electron chi connectivity index (χ2n) is 3.92. The van der Waals surface area contributed by atoms with E-state index < -0.39 is 0 Å². The monoisotopic (exact) mass is 306 g/mol. The normalized spacial score (nSPS) is 11.0. The van der Waals surface area contributed by atoms with Crippen LogP contribution in [0.15, 0.2) is 40.9 Å². The van der Waals surface area contributed by atoms with Crippen molar-refractivity contribution in [2.45, 2.75) is 0 Å². The molecule has 0 aliphatic carbocycles. The third-order valence-corrected chi connectivity index (χ3v) is 3.30. The summed E-state index contributed by atoms with van der Waals surface area (Å²) in [4.78, 5) is 7.39. The van der Waals surface area contributed by atoms with Crippen LogP contribution in [0, 0.1) is 5.82 Å². The average molecular weight is 307 g/mol. The summed E-state index contributed by atoms with van der Waals surface area (Å²) in [5.74, 6) is 0.400. The highest BCUT2D eigenvalue weighted by atomic mass is 79.9. The van der Waals surface area contributed by atoms with Crippen LogP contribution in [-0.4, -0.2) is 15.1 Å². The van der Waals surface area contributed by atoms with Gasteiger partial charge < -0.3 is 10.1 Å². The predicted octanol–water partition coefficient (Wildman–Crippen LogP) is 3.84. The number of phenols is 1. The molecule has 0 unspecified atom stereocenters. The van der Waals surface area contributed by atoms with Crippen LogP contribution in [-0.2, 0) is 0 Å². The van der Waals surface area contributed by atoms with Crippen molar-refractivity contribution in [3.05, 3.63) is 46.7 Å². The molecule has 0 fully saturated rings. The van der Waals surface area contributed by atoms with Crippen molar-refractivity contribution >= 4 is 27.0 Å². The number of fused-ring (bicyclic) bond motifs is 1. The second kappa shape index (κ2) is 4.10. The lowest BCUT2D eigenvalue weighted by atomic mass is 10.2. The van der Waals surface area contributed by atoms with Crippen molar-refractivity contribution in [2.75, 3.05) is 0 Å². The fourth-order valence-corrected chi connectivity index (χ4v) is 2.02. The summed E-state index contributed by atoms with van der Waals surface area (Å²) in [5, 5.41) is 9.38. The molecule has 2 aromatic carbocycles. The van der Waals surface area contributed by atoms with E-state index >= 15 is 0 Å². The lowest BCUT2D eigenvalue weighted by Gasteiger charge is -1.98. The molecule has 3 rings (SSSR count). The average Bonchev–Trinajstić information content (AvgIpc) is 2.75. The molecule has 3 nitrogen and oxygen atoms in total. The number of benzene rings is 2. The van der Waals surface area contributed by atoms with Crippen molar-refractivity contribution < 1.29 is 9.50 Å². The van der Waals surface area contributed by atoms with Gasteiger partial charge in [0.2, 0.25) is 0 Å². The Labute approximate surface area is 110 Å². The molecular weight excluding hydrogens is 299 g/mol. The number of aromatic amines is 1. The largest absolute Gasteiger partial charge is 0.508 e. The van der Waals surface area contributed by atoms with Gasteiger partial charge in [-0.2, -0.15) is 0 Å². The maximum Gasteiger partial charge on any atom is 0.138 e. The highest BCUT2D eigenvalue weighted by Gasteiger charge is 2.08. The van der Waals surface area contributed by atoms with Gasteiger partial charge in [-0.25, -0.2) is 9.37 Å². The molecule has 0 amide bonds. The third kappa shape index (κ3) is 1.86. The molecule has 18 heavy (non-hydrogen) atoms. The van der Waals surface area contributed by atoms with E-state index in [0.717, 1.165) is 5.52 Å². The van der Waals surface area contributed by atoms with Crippen LogP contribution < -0.4 is 0 Å². The van der Waals surface area contributed by atoms with E-state index in [2.05, 4.69) is 25.9 Å². The molecule has 0 spiro atoms. The number of H-pyrrole nitrogens is 1. The van der Waals surface area contributed by atoms with Crippen molar-refractivity contribution in [2.24, 2.45) is 0 Å². The first-order valence-corrected chi connectivity index (χ1v) is 6.07. The van der Waals surface area contributed by atoms with E-state index in [1.807, 2.05) is 0 Å². The predicted molar refractivity (Wildman–Crippen MR) is 70.9 cm³/mol. The second-order valence-corrected chi connectivity index (χ2v) is 4.77. The first-order valence-electron chi connectivity index (χ1n) is 5.27. The van der Waals surface area contributed by atoms with Crippen LogP contribution in [0.5, 0.6) is 5.75 Å². The Bertz CT molecular complexity index is 739. The van der Waals surface area contributed by atoms with Crippen molar-refractivity contribution in [3.8, 4) is 17.1 Å². The number of nitrogens with zero attached hydrogens (tertiary/aromatic N) is 1. The summed E-state index contributed by atoms with van der Waals surface area (Å²) < 4.78 is 13.9. The first kappa shape index (κ1) is 11.2. The van der Waals surface area contributed by atoms with Crippen LogP contribution in [0.25, 0.3) is 22.4 Å². The van der Waals surface area contributed by atoms with Crippen LogP contribution in [0.4, 0.5) is 4.39 Å². The molecule has 0 saturated heterocycles. The molecule has 0 atom stereocenters. The zero-order chi connectivity index (χ0) is 12.7. The Morgan fingerprint density at radius 2 is 2.00 bits per heavy atom. The van der Waals surface area contributed by atoms with Gasteiger partial charge in [0.1, 0.15) is 17.4 Å². The van der Waals surface area contributed by atoms with Crippen LogP contribution >= 0.6 is 15.9 Å². The molecular formula is C13H8BrFN2O. The number of hydrogen-bond donors (Lipinski definition) is 2.